The standard InChI is InChI=1S/C8H10F2O/c1-5(2)6-3-4-11-7(6)8(9)10/h3-5,8H,1-2H3. The molecule has 0 aliphatic carbocycles. The Morgan fingerprint density at radius 1 is 1.36 bits per heavy atom. The summed E-state index contributed by atoms with van der Waals surface area (Å²) in [4.78, 5) is 0. The van der Waals surface area contributed by atoms with Crippen molar-refractivity contribution < 1.29 is 13.2 Å². The van der Waals surface area contributed by atoms with E-state index in [1.54, 1.807) is 6.07 Å². The fourth-order valence-corrected chi connectivity index (χ4v) is 0.985. The maximum Gasteiger partial charge on any atom is 0.295 e. The summed E-state index contributed by atoms with van der Waals surface area (Å²) in [5.41, 5.74) is 0.597. The maximum atomic E-state index is 12.1. The largest absolute Gasteiger partial charge is 0.463 e. The Labute approximate surface area is 64.0 Å². The van der Waals surface area contributed by atoms with Crippen molar-refractivity contribution in [1.82, 2.24) is 0 Å². The van der Waals surface area contributed by atoms with Crippen molar-refractivity contribution in [2.24, 2.45) is 0 Å². The molecule has 0 aliphatic heterocycles. The van der Waals surface area contributed by atoms with E-state index in [4.69, 9.17) is 0 Å². The van der Waals surface area contributed by atoms with Gasteiger partial charge in [-0.05, 0) is 12.0 Å². The summed E-state index contributed by atoms with van der Waals surface area (Å²) in [5.74, 6) is -0.0993. The number of hydrogen-bond acceptors (Lipinski definition) is 1. The normalized spacial score (nSPS) is 11.5. The van der Waals surface area contributed by atoms with Gasteiger partial charge in [0.15, 0.2) is 5.76 Å². The van der Waals surface area contributed by atoms with Crippen LogP contribution in [-0.2, 0) is 0 Å². The molecule has 11 heavy (non-hydrogen) atoms. The molecule has 0 radical (unpaired) electrons. The van der Waals surface area contributed by atoms with E-state index < -0.39 is 6.43 Å². The molecule has 0 aromatic carbocycles. The lowest BCUT2D eigenvalue weighted by Crippen LogP contribution is -1.91. The highest BCUT2D eigenvalue weighted by Gasteiger charge is 2.18. The smallest absolute Gasteiger partial charge is 0.295 e. The Morgan fingerprint density at radius 2 is 2.00 bits per heavy atom. The molecule has 0 N–H and O–H groups in total. The number of furan rings is 1. The molecule has 1 aromatic heterocycles. The Hall–Kier alpha value is -0.860. The second-order valence-electron chi connectivity index (χ2n) is 2.70. The highest BCUT2D eigenvalue weighted by molar-refractivity contribution is 5.21. The summed E-state index contributed by atoms with van der Waals surface area (Å²) in [6.07, 6.45) is -1.20. The predicted octanol–water partition coefficient (Wildman–Crippen LogP) is 3.34. The van der Waals surface area contributed by atoms with Crippen LogP contribution in [0.3, 0.4) is 0 Å². The molecule has 1 heterocycles. The van der Waals surface area contributed by atoms with Gasteiger partial charge in [0.05, 0.1) is 6.26 Å². The lowest BCUT2D eigenvalue weighted by atomic mass is 10.0. The lowest BCUT2D eigenvalue weighted by Gasteiger charge is -2.03. The highest BCUT2D eigenvalue weighted by Crippen LogP contribution is 2.28. The Kier molecular flexibility index (Phi) is 2.27. The third-order valence-corrected chi connectivity index (χ3v) is 1.55. The third kappa shape index (κ3) is 1.59. The van der Waals surface area contributed by atoms with Gasteiger partial charge < -0.3 is 4.42 Å². The van der Waals surface area contributed by atoms with E-state index in [9.17, 15) is 8.78 Å². The molecule has 0 spiro atoms. The molecule has 0 saturated carbocycles. The van der Waals surface area contributed by atoms with Crippen LogP contribution in [0, 0.1) is 0 Å². The first-order chi connectivity index (χ1) is 5.13. The van der Waals surface area contributed by atoms with Crippen molar-refractivity contribution in [3.63, 3.8) is 0 Å². The molecule has 0 atom stereocenters. The summed E-state index contributed by atoms with van der Waals surface area (Å²) >= 11 is 0. The van der Waals surface area contributed by atoms with Gasteiger partial charge in [0.25, 0.3) is 6.43 Å². The molecule has 1 aromatic rings. The van der Waals surface area contributed by atoms with Gasteiger partial charge in [-0.25, -0.2) is 8.78 Å². The molecule has 0 unspecified atom stereocenters. The lowest BCUT2D eigenvalue weighted by molar-refractivity contribution is 0.120. The van der Waals surface area contributed by atoms with Crippen LogP contribution in [-0.4, -0.2) is 0 Å². The van der Waals surface area contributed by atoms with Crippen LogP contribution in [0.2, 0.25) is 0 Å². The fourth-order valence-electron chi connectivity index (χ4n) is 0.985. The van der Waals surface area contributed by atoms with E-state index in [1.165, 1.54) is 6.26 Å². The van der Waals surface area contributed by atoms with Crippen molar-refractivity contribution in [3.05, 3.63) is 23.7 Å². The van der Waals surface area contributed by atoms with E-state index in [0.717, 1.165) is 0 Å². The molecule has 0 saturated heterocycles. The number of alkyl halides is 2. The van der Waals surface area contributed by atoms with Crippen molar-refractivity contribution in [2.45, 2.75) is 26.2 Å². The molecule has 62 valence electrons. The van der Waals surface area contributed by atoms with Gasteiger partial charge in [0.2, 0.25) is 0 Å². The van der Waals surface area contributed by atoms with Crippen LogP contribution in [0.1, 0.15) is 37.5 Å². The molecule has 1 rings (SSSR count). The quantitative estimate of drug-likeness (QED) is 0.646. The van der Waals surface area contributed by atoms with Crippen molar-refractivity contribution >= 4 is 0 Å². The Bertz CT molecular complexity index is 205. The van der Waals surface area contributed by atoms with Gasteiger partial charge in [-0.1, -0.05) is 13.8 Å². The predicted molar refractivity (Wildman–Crippen MR) is 37.8 cm³/mol. The van der Waals surface area contributed by atoms with E-state index >= 15 is 0 Å². The zero-order chi connectivity index (χ0) is 8.43. The van der Waals surface area contributed by atoms with Gasteiger partial charge in [0.1, 0.15) is 0 Å². The number of halogens is 2. The molecule has 0 aliphatic rings. The van der Waals surface area contributed by atoms with Crippen LogP contribution < -0.4 is 0 Å². The van der Waals surface area contributed by atoms with Crippen LogP contribution >= 0.6 is 0 Å². The Balaban J connectivity index is 2.96. The summed E-state index contributed by atoms with van der Waals surface area (Å²) in [6.45, 7) is 3.72. The minimum Gasteiger partial charge on any atom is -0.463 e. The summed E-state index contributed by atoms with van der Waals surface area (Å²) < 4.78 is 28.9. The van der Waals surface area contributed by atoms with Gasteiger partial charge in [0, 0.05) is 5.56 Å². The average Bonchev–Trinajstić information content (AvgIpc) is 2.32. The zero-order valence-corrected chi connectivity index (χ0v) is 6.47. The van der Waals surface area contributed by atoms with Crippen molar-refractivity contribution in [1.29, 1.82) is 0 Å². The van der Waals surface area contributed by atoms with Gasteiger partial charge >= 0.3 is 0 Å². The van der Waals surface area contributed by atoms with Gasteiger partial charge in [-0.2, -0.15) is 0 Å². The highest BCUT2D eigenvalue weighted by atomic mass is 19.3. The zero-order valence-electron chi connectivity index (χ0n) is 6.47. The first-order valence-electron chi connectivity index (χ1n) is 3.48. The van der Waals surface area contributed by atoms with Crippen LogP contribution in [0.5, 0.6) is 0 Å². The minimum absolute atomic E-state index is 0.0951. The molecular formula is C8H10F2O. The van der Waals surface area contributed by atoms with Gasteiger partial charge in [-0.15, -0.1) is 0 Å². The number of hydrogen-bond donors (Lipinski definition) is 0. The topological polar surface area (TPSA) is 13.1 Å². The summed E-state index contributed by atoms with van der Waals surface area (Å²) in [5, 5.41) is 0. The maximum absolute atomic E-state index is 12.1. The first-order valence-corrected chi connectivity index (χ1v) is 3.48. The molecule has 0 amide bonds. The molecular weight excluding hydrogens is 150 g/mol. The average molecular weight is 160 g/mol. The van der Waals surface area contributed by atoms with E-state index in [0.29, 0.717) is 5.56 Å². The van der Waals surface area contributed by atoms with E-state index in [-0.39, 0.29) is 11.7 Å². The van der Waals surface area contributed by atoms with Crippen molar-refractivity contribution in [2.75, 3.05) is 0 Å². The monoisotopic (exact) mass is 160 g/mol. The fraction of sp³-hybridized carbons (Fsp3) is 0.500. The third-order valence-electron chi connectivity index (χ3n) is 1.55. The van der Waals surface area contributed by atoms with Crippen LogP contribution in [0.15, 0.2) is 16.7 Å². The SMILES string of the molecule is CC(C)c1ccoc1C(F)F. The summed E-state index contributed by atoms with van der Waals surface area (Å²) in [7, 11) is 0. The van der Waals surface area contributed by atoms with Crippen molar-refractivity contribution in [3.8, 4) is 0 Å². The Morgan fingerprint density at radius 3 is 2.36 bits per heavy atom. The second kappa shape index (κ2) is 3.03. The first kappa shape index (κ1) is 8.24. The molecule has 0 fully saturated rings. The summed E-state index contributed by atoms with van der Waals surface area (Å²) in [6, 6.07) is 1.59. The molecule has 0 bridgehead atoms. The minimum atomic E-state index is -2.50. The molecule has 3 heteroatoms. The van der Waals surface area contributed by atoms with E-state index in [1.807, 2.05) is 13.8 Å². The van der Waals surface area contributed by atoms with E-state index in [2.05, 4.69) is 4.42 Å². The van der Waals surface area contributed by atoms with Crippen LogP contribution in [0.25, 0.3) is 0 Å². The number of rotatable bonds is 2. The van der Waals surface area contributed by atoms with Crippen LogP contribution in [0.4, 0.5) is 8.78 Å². The second-order valence-corrected chi connectivity index (χ2v) is 2.70. The van der Waals surface area contributed by atoms with Gasteiger partial charge in [-0.3, -0.25) is 0 Å². The molecule has 1 nitrogen and oxygen atoms in total.